The van der Waals surface area contributed by atoms with Crippen LogP contribution in [0.15, 0.2) is 59.5 Å². The molecule has 0 saturated heterocycles. The summed E-state index contributed by atoms with van der Waals surface area (Å²) in [5.41, 5.74) is 1.13. The highest BCUT2D eigenvalue weighted by Crippen LogP contribution is 2.21. The van der Waals surface area contributed by atoms with Crippen molar-refractivity contribution in [3.05, 3.63) is 65.2 Å². The normalized spacial score (nSPS) is 12.2. The molecule has 0 unspecified atom stereocenters. The molecule has 128 valence electrons. The van der Waals surface area contributed by atoms with Crippen LogP contribution in [0, 0.1) is 0 Å². The molecule has 0 aliphatic carbocycles. The van der Waals surface area contributed by atoms with Crippen LogP contribution in [0.3, 0.4) is 0 Å². The van der Waals surface area contributed by atoms with Crippen molar-refractivity contribution >= 4 is 29.3 Å². The second kappa shape index (κ2) is 9.72. The maximum absolute atomic E-state index is 12.3. The molecule has 0 fully saturated rings. The Kier molecular flexibility index (Phi) is 7.63. The molecule has 24 heavy (non-hydrogen) atoms. The molecule has 2 aromatic carbocycles. The summed E-state index contributed by atoms with van der Waals surface area (Å²) >= 11 is 7.54. The Hall–Kier alpha value is -1.49. The zero-order chi connectivity index (χ0) is 17.4. The van der Waals surface area contributed by atoms with E-state index in [1.165, 1.54) is 0 Å². The van der Waals surface area contributed by atoms with Gasteiger partial charge in [-0.2, -0.15) is 0 Å². The molecule has 0 heterocycles. The molecule has 0 spiro atoms. The zero-order valence-electron chi connectivity index (χ0n) is 14.0. The van der Waals surface area contributed by atoms with Crippen molar-refractivity contribution in [1.29, 1.82) is 0 Å². The second-order valence-electron chi connectivity index (χ2n) is 5.85. The molecule has 2 rings (SSSR count). The number of carbonyl (C=O) groups is 1. The Morgan fingerprint density at radius 3 is 2.42 bits per heavy atom. The van der Waals surface area contributed by atoms with Gasteiger partial charge >= 0.3 is 0 Å². The molecule has 2 aromatic rings. The summed E-state index contributed by atoms with van der Waals surface area (Å²) < 4.78 is 0. The first-order valence-corrected chi connectivity index (χ1v) is 9.28. The summed E-state index contributed by atoms with van der Waals surface area (Å²) in [6.45, 7) is 0.778. The third-order valence-corrected chi connectivity index (χ3v) is 4.76. The number of benzene rings is 2. The van der Waals surface area contributed by atoms with E-state index in [0.717, 1.165) is 27.8 Å². The summed E-state index contributed by atoms with van der Waals surface area (Å²) in [6.07, 6.45) is 0.490. The molecule has 0 aliphatic rings. The maximum Gasteiger partial charge on any atom is 0.221 e. The van der Waals surface area contributed by atoms with Gasteiger partial charge in [-0.1, -0.05) is 41.9 Å². The molecular weight excluding hydrogens is 340 g/mol. The van der Waals surface area contributed by atoms with Crippen LogP contribution in [0.4, 0.5) is 0 Å². The van der Waals surface area contributed by atoms with E-state index in [4.69, 9.17) is 11.6 Å². The van der Waals surface area contributed by atoms with E-state index in [2.05, 4.69) is 22.3 Å². The second-order valence-corrected chi connectivity index (χ2v) is 7.45. The van der Waals surface area contributed by atoms with Gasteiger partial charge in [-0.05, 0) is 43.9 Å². The number of halogens is 1. The van der Waals surface area contributed by atoms with Crippen molar-refractivity contribution in [1.82, 2.24) is 10.2 Å². The number of rotatable bonds is 8. The molecule has 1 N–H and O–H groups in total. The minimum Gasteiger partial charge on any atom is -0.348 e. The number of hydrogen-bond acceptors (Lipinski definition) is 3. The van der Waals surface area contributed by atoms with Crippen LogP contribution in [0.5, 0.6) is 0 Å². The van der Waals surface area contributed by atoms with Gasteiger partial charge in [-0.25, -0.2) is 0 Å². The van der Waals surface area contributed by atoms with E-state index in [-0.39, 0.29) is 11.9 Å². The first-order chi connectivity index (χ1) is 11.5. The molecule has 0 bridgehead atoms. The van der Waals surface area contributed by atoms with Gasteiger partial charge in [0.1, 0.15) is 0 Å². The van der Waals surface area contributed by atoms with Gasteiger partial charge in [0.15, 0.2) is 0 Å². The lowest BCUT2D eigenvalue weighted by atomic mass is 10.1. The fraction of sp³-hybridized carbons (Fsp3) is 0.316. The van der Waals surface area contributed by atoms with Crippen molar-refractivity contribution in [2.75, 3.05) is 26.4 Å². The lowest BCUT2D eigenvalue weighted by molar-refractivity contribution is -0.121. The molecule has 1 amide bonds. The molecule has 5 heteroatoms. The number of hydrogen-bond donors (Lipinski definition) is 1. The first-order valence-electron chi connectivity index (χ1n) is 7.92. The molecule has 0 aliphatic heterocycles. The summed E-state index contributed by atoms with van der Waals surface area (Å²) in [7, 11) is 4.02. The minimum atomic E-state index is 0.00855. The van der Waals surface area contributed by atoms with Gasteiger partial charge in [-0.15, -0.1) is 11.8 Å². The molecule has 0 saturated carbocycles. The van der Waals surface area contributed by atoms with Gasteiger partial charge in [0, 0.05) is 28.6 Å². The van der Waals surface area contributed by atoms with E-state index < -0.39 is 0 Å². The number of thioether (sulfide) groups is 1. The fourth-order valence-electron chi connectivity index (χ4n) is 2.34. The predicted molar refractivity (Wildman–Crippen MR) is 103 cm³/mol. The molecule has 0 aromatic heterocycles. The Bertz CT molecular complexity index is 632. The third-order valence-electron chi connectivity index (χ3n) is 3.50. The van der Waals surface area contributed by atoms with Crippen molar-refractivity contribution < 1.29 is 4.79 Å². The fourth-order valence-corrected chi connectivity index (χ4v) is 3.32. The smallest absolute Gasteiger partial charge is 0.221 e. The highest BCUT2D eigenvalue weighted by Gasteiger charge is 2.15. The van der Waals surface area contributed by atoms with E-state index in [1.54, 1.807) is 11.8 Å². The number of nitrogens with one attached hydrogen (secondary N) is 1. The van der Waals surface area contributed by atoms with Crippen molar-refractivity contribution in [2.24, 2.45) is 0 Å². The van der Waals surface area contributed by atoms with E-state index >= 15 is 0 Å². The van der Waals surface area contributed by atoms with Gasteiger partial charge in [0.2, 0.25) is 5.91 Å². The lowest BCUT2D eigenvalue weighted by Crippen LogP contribution is -2.35. The van der Waals surface area contributed by atoms with Crippen LogP contribution in [-0.4, -0.2) is 37.2 Å². The van der Waals surface area contributed by atoms with Crippen molar-refractivity contribution in [3.63, 3.8) is 0 Å². The number of carbonyl (C=O) groups excluding carboxylic acids is 1. The van der Waals surface area contributed by atoms with Crippen LogP contribution in [0.25, 0.3) is 0 Å². The predicted octanol–water partition coefficient (Wildman–Crippen LogP) is 4.24. The maximum atomic E-state index is 12.3. The van der Waals surface area contributed by atoms with E-state index in [9.17, 15) is 4.79 Å². The third kappa shape index (κ3) is 6.56. The van der Waals surface area contributed by atoms with E-state index in [0.29, 0.717) is 6.42 Å². The SMILES string of the molecule is CN(C)C[C@H](NC(=O)CCSc1ccc(Cl)cc1)c1ccccc1. The molecule has 0 radical (unpaired) electrons. The Balaban J connectivity index is 1.85. The highest BCUT2D eigenvalue weighted by molar-refractivity contribution is 7.99. The highest BCUT2D eigenvalue weighted by atomic mass is 35.5. The largest absolute Gasteiger partial charge is 0.348 e. The quantitative estimate of drug-likeness (QED) is 0.713. The van der Waals surface area contributed by atoms with Crippen LogP contribution in [-0.2, 0) is 4.79 Å². The van der Waals surface area contributed by atoms with Crippen LogP contribution >= 0.6 is 23.4 Å². The van der Waals surface area contributed by atoms with Crippen LogP contribution < -0.4 is 5.32 Å². The Morgan fingerprint density at radius 1 is 1.12 bits per heavy atom. The average molecular weight is 363 g/mol. The number of likely N-dealkylation sites (N-methyl/N-ethyl adjacent to an activating group) is 1. The number of amides is 1. The standard InChI is InChI=1S/C19H23ClN2OS/c1-22(2)14-18(15-6-4-3-5-7-15)21-19(23)12-13-24-17-10-8-16(20)9-11-17/h3-11,18H,12-14H2,1-2H3,(H,21,23)/t18-/m0/s1. The summed E-state index contributed by atoms with van der Waals surface area (Å²) in [5.74, 6) is 0.823. The topological polar surface area (TPSA) is 32.3 Å². The van der Waals surface area contributed by atoms with Crippen LogP contribution in [0.1, 0.15) is 18.0 Å². The molecule has 1 atom stereocenters. The van der Waals surface area contributed by atoms with Gasteiger partial charge in [0.25, 0.3) is 0 Å². The molecule has 3 nitrogen and oxygen atoms in total. The van der Waals surface area contributed by atoms with E-state index in [1.807, 2.05) is 56.6 Å². The van der Waals surface area contributed by atoms with Gasteiger partial charge in [0.05, 0.1) is 6.04 Å². The number of nitrogens with zero attached hydrogens (tertiary/aromatic N) is 1. The minimum absolute atomic E-state index is 0.00855. The van der Waals surface area contributed by atoms with Gasteiger partial charge < -0.3 is 10.2 Å². The monoisotopic (exact) mass is 362 g/mol. The summed E-state index contributed by atoms with van der Waals surface area (Å²) in [6, 6.07) is 17.8. The van der Waals surface area contributed by atoms with Gasteiger partial charge in [-0.3, -0.25) is 4.79 Å². The summed E-state index contributed by atoms with van der Waals surface area (Å²) in [5, 5.41) is 3.87. The zero-order valence-corrected chi connectivity index (χ0v) is 15.6. The lowest BCUT2D eigenvalue weighted by Gasteiger charge is -2.23. The van der Waals surface area contributed by atoms with Crippen LogP contribution in [0.2, 0.25) is 5.02 Å². The first kappa shape index (κ1) is 18.8. The molecular formula is C19H23ClN2OS. The Morgan fingerprint density at radius 2 is 1.79 bits per heavy atom. The Labute approximate surface area is 153 Å². The average Bonchev–Trinajstić information content (AvgIpc) is 2.56. The van der Waals surface area contributed by atoms with Crippen molar-refractivity contribution in [3.8, 4) is 0 Å². The summed E-state index contributed by atoms with van der Waals surface area (Å²) in [4.78, 5) is 15.5. The van der Waals surface area contributed by atoms with Crippen molar-refractivity contribution in [2.45, 2.75) is 17.4 Å².